The van der Waals surface area contributed by atoms with Gasteiger partial charge in [-0.1, -0.05) is 71.7 Å². The van der Waals surface area contributed by atoms with Crippen LogP contribution >= 0.6 is 38.4 Å². The highest BCUT2D eigenvalue weighted by molar-refractivity contribution is 7.89. The predicted octanol–water partition coefficient (Wildman–Crippen LogP) is 5.84. The van der Waals surface area contributed by atoms with Crippen LogP contribution in [0.25, 0.3) is 0 Å². The summed E-state index contributed by atoms with van der Waals surface area (Å²) in [6, 6.07) is 10.4. The summed E-state index contributed by atoms with van der Waals surface area (Å²) in [7, 11) is -16.1. The molecule has 0 unspecified atom stereocenters. The number of halogens is 6. The Labute approximate surface area is 235 Å². The lowest BCUT2D eigenvalue weighted by atomic mass is 10.1. The summed E-state index contributed by atoms with van der Waals surface area (Å²) in [6.07, 6.45) is 0. The second-order valence-electron chi connectivity index (χ2n) is 8.41. The number of benzene rings is 3. The van der Waals surface area contributed by atoms with E-state index in [0.717, 1.165) is 65.0 Å². The molecule has 0 aliphatic heterocycles. The van der Waals surface area contributed by atoms with Gasteiger partial charge >= 0.3 is 26.5 Å². The normalized spacial score (nSPS) is 13.6. The molecular weight excluding hydrogens is 647 g/mol. The van der Waals surface area contributed by atoms with Gasteiger partial charge in [-0.2, -0.15) is 21.9 Å². The maximum absolute atomic E-state index is 14.0. The number of nitrogens with zero attached hydrogens (tertiary/aromatic N) is 1. The SMILES string of the molecule is O=P(O)(O)C(F)(F)c1ccc(CN(Cc2ccc(C(F)(F)P(=O)(O)O)cc2)S(=O)(=O)c2ccc(Cl)c(Cl)c2)cc1. The molecule has 0 bridgehead atoms. The van der Waals surface area contributed by atoms with Crippen molar-refractivity contribution < 1.29 is 54.7 Å². The average molecular weight is 666 g/mol. The zero-order valence-electron chi connectivity index (χ0n) is 19.7. The van der Waals surface area contributed by atoms with E-state index in [9.17, 15) is 35.1 Å². The van der Waals surface area contributed by atoms with E-state index >= 15 is 0 Å². The smallest absolute Gasteiger partial charge is 0.320 e. The van der Waals surface area contributed by atoms with E-state index in [-0.39, 0.29) is 26.1 Å². The van der Waals surface area contributed by atoms with Gasteiger partial charge in [-0.25, -0.2) is 8.42 Å². The van der Waals surface area contributed by atoms with Crippen molar-refractivity contribution >= 4 is 48.4 Å². The first-order valence-electron chi connectivity index (χ1n) is 10.7. The van der Waals surface area contributed by atoms with Crippen LogP contribution < -0.4 is 0 Å². The number of sulfonamides is 1. The Morgan fingerprint density at radius 2 is 1.05 bits per heavy atom. The van der Waals surface area contributed by atoms with Gasteiger partial charge in [0, 0.05) is 24.2 Å². The monoisotopic (exact) mass is 665 g/mol. The second kappa shape index (κ2) is 11.4. The molecule has 9 nitrogen and oxygen atoms in total. The van der Waals surface area contributed by atoms with Crippen molar-refractivity contribution in [3.63, 3.8) is 0 Å². The molecule has 0 aliphatic carbocycles. The van der Waals surface area contributed by atoms with Crippen LogP contribution in [0, 0.1) is 0 Å². The summed E-state index contributed by atoms with van der Waals surface area (Å²) in [6.45, 7) is -0.963. The fourth-order valence-electron chi connectivity index (χ4n) is 3.38. The Bertz CT molecular complexity index is 1520. The number of hydrogen-bond acceptors (Lipinski definition) is 4. The van der Waals surface area contributed by atoms with Crippen molar-refractivity contribution in [1.82, 2.24) is 4.31 Å². The van der Waals surface area contributed by atoms with Gasteiger partial charge in [0.15, 0.2) is 0 Å². The van der Waals surface area contributed by atoms with E-state index in [1.54, 1.807) is 0 Å². The van der Waals surface area contributed by atoms with Crippen LogP contribution in [0.4, 0.5) is 17.6 Å². The van der Waals surface area contributed by atoms with E-state index in [1.165, 1.54) is 6.07 Å². The van der Waals surface area contributed by atoms with Crippen molar-refractivity contribution in [2.24, 2.45) is 0 Å². The van der Waals surface area contributed by atoms with E-state index in [2.05, 4.69) is 0 Å². The molecule has 0 aliphatic rings. The molecule has 0 aromatic heterocycles. The third-order valence-electron chi connectivity index (χ3n) is 5.58. The summed E-state index contributed by atoms with van der Waals surface area (Å²) in [5.41, 5.74) is -10.8. The van der Waals surface area contributed by atoms with Gasteiger partial charge in [-0.3, -0.25) is 9.13 Å². The molecule has 4 N–H and O–H groups in total. The van der Waals surface area contributed by atoms with Gasteiger partial charge in [-0.15, -0.1) is 0 Å². The number of hydrogen-bond donors (Lipinski definition) is 4. The molecule has 3 rings (SSSR count). The summed E-state index contributed by atoms with van der Waals surface area (Å²) in [4.78, 5) is 35.4. The van der Waals surface area contributed by atoms with Crippen LogP contribution in [-0.2, 0) is 43.6 Å². The van der Waals surface area contributed by atoms with Crippen molar-refractivity contribution in [3.05, 3.63) is 99.0 Å². The second-order valence-corrected chi connectivity index (χ2v) is 14.5. The molecule has 3 aromatic rings. The van der Waals surface area contributed by atoms with Crippen molar-refractivity contribution in [1.29, 1.82) is 0 Å². The van der Waals surface area contributed by atoms with Crippen molar-refractivity contribution in [2.75, 3.05) is 0 Å². The first-order chi connectivity index (χ1) is 18.2. The molecule has 0 atom stereocenters. The van der Waals surface area contributed by atoms with Crippen molar-refractivity contribution in [2.45, 2.75) is 29.3 Å². The van der Waals surface area contributed by atoms with Gasteiger partial charge in [0.1, 0.15) is 0 Å². The van der Waals surface area contributed by atoms with Gasteiger partial charge in [0.2, 0.25) is 10.0 Å². The first-order valence-corrected chi connectivity index (χ1v) is 16.1. The minimum absolute atomic E-state index is 0.0512. The van der Waals surface area contributed by atoms with Crippen LogP contribution in [0.1, 0.15) is 22.3 Å². The molecular formula is C22H19Cl2F4NO8P2S. The molecule has 40 heavy (non-hydrogen) atoms. The molecule has 3 aromatic carbocycles. The molecule has 0 saturated carbocycles. The summed E-state index contributed by atoms with van der Waals surface area (Å²) < 4.78 is 106. The molecule has 0 heterocycles. The summed E-state index contributed by atoms with van der Waals surface area (Å²) in [5, 5.41) is -0.0500. The minimum atomic E-state index is -5.85. The molecule has 0 fully saturated rings. The van der Waals surface area contributed by atoms with E-state index in [4.69, 9.17) is 42.8 Å². The lowest BCUT2D eigenvalue weighted by Gasteiger charge is -2.24. The quantitative estimate of drug-likeness (QED) is 0.156. The van der Waals surface area contributed by atoms with Crippen LogP contribution in [0.2, 0.25) is 10.0 Å². The average Bonchev–Trinajstić information content (AvgIpc) is 2.84. The fourth-order valence-corrected chi connectivity index (χ4v) is 6.15. The minimum Gasteiger partial charge on any atom is -0.320 e. The van der Waals surface area contributed by atoms with Crippen LogP contribution in [0.15, 0.2) is 71.6 Å². The van der Waals surface area contributed by atoms with Gasteiger partial charge in [-0.05, 0) is 29.3 Å². The van der Waals surface area contributed by atoms with Crippen LogP contribution in [-0.4, -0.2) is 32.3 Å². The zero-order chi connectivity index (χ0) is 30.3. The molecule has 0 radical (unpaired) electrons. The number of rotatable bonds is 10. The maximum Gasteiger partial charge on any atom is 0.399 e. The van der Waals surface area contributed by atoms with E-state index < -0.39 is 60.8 Å². The molecule has 18 heteroatoms. The third-order valence-corrected chi connectivity index (χ3v) is 10.1. The van der Waals surface area contributed by atoms with Gasteiger partial charge in [0.25, 0.3) is 0 Å². The Kier molecular flexibility index (Phi) is 9.35. The summed E-state index contributed by atoms with van der Waals surface area (Å²) >= 11 is 11.8. The largest absolute Gasteiger partial charge is 0.399 e. The lowest BCUT2D eigenvalue weighted by Crippen LogP contribution is -2.30. The third kappa shape index (κ3) is 6.79. The van der Waals surface area contributed by atoms with E-state index in [1.807, 2.05) is 0 Å². The Morgan fingerprint density at radius 1 is 0.675 bits per heavy atom. The predicted molar refractivity (Wildman–Crippen MR) is 138 cm³/mol. The molecule has 0 spiro atoms. The van der Waals surface area contributed by atoms with Gasteiger partial charge in [0.05, 0.1) is 14.9 Å². The highest BCUT2D eigenvalue weighted by Crippen LogP contribution is 2.60. The van der Waals surface area contributed by atoms with E-state index in [0.29, 0.717) is 0 Å². The maximum atomic E-state index is 14.0. The van der Waals surface area contributed by atoms with Crippen LogP contribution in [0.5, 0.6) is 0 Å². The molecule has 0 amide bonds. The topological polar surface area (TPSA) is 152 Å². The summed E-state index contributed by atoms with van der Waals surface area (Å²) in [5.74, 6) is 0. The lowest BCUT2D eigenvalue weighted by molar-refractivity contribution is 0.0564. The highest BCUT2D eigenvalue weighted by Gasteiger charge is 2.51. The first kappa shape index (κ1) is 32.7. The zero-order valence-corrected chi connectivity index (χ0v) is 23.8. The number of alkyl halides is 4. The van der Waals surface area contributed by atoms with Crippen LogP contribution in [0.3, 0.4) is 0 Å². The van der Waals surface area contributed by atoms with Gasteiger partial charge < -0.3 is 19.6 Å². The molecule has 218 valence electrons. The highest BCUT2D eigenvalue weighted by atomic mass is 35.5. The Hall–Kier alpha value is -1.83. The fraction of sp³-hybridized carbons (Fsp3) is 0.182. The van der Waals surface area contributed by atoms with Crippen molar-refractivity contribution in [3.8, 4) is 0 Å². The Morgan fingerprint density at radius 3 is 1.38 bits per heavy atom. The Balaban J connectivity index is 2.00. The standard InChI is InChI=1S/C22H19Cl2F4NO8P2S/c23-19-10-9-18(11-20(19)24)40(36,37)29(12-14-1-5-16(6-2-14)21(25,26)38(30,31)32)13-15-3-7-17(8-4-15)22(27,28)39(33,34)35/h1-11H,12-13H2,(H2,30,31,32)(H2,33,34,35). The molecule has 0 saturated heterocycles.